The van der Waals surface area contributed by atoms with Crippen LogP contribution in [0.3, 0.4) is 0 Å². The van der Waals surface area contributed by atoms with Gasteiger partial charge in [-0.1, -0.05) is 32.6 Å². The second kappa shape index (κ2) is 8.89. The molecule has 3 aliphatic heterocycles. The van der Waals surface area contributed by atoms with Crippen LogP contribution in [-0.4, -0.2) is 67.7 Å². The van der Waals surface area contributed by atoms with Crippen molar-refractivity contribution in [2.24, 2.45) is 10.4 Å². The number of carbonyl (C=O) groups is 2. The topological polar surface area (TPSA) is 72.6 Å². The summed E-state index contributed by atoms with van der Waals surface area (Å²) < 4.78 is 0. The lowest BCUT2D eigenvalue weighted by Crippen LogP contribution is -2.49. The van der Waals surface area contributed by atoms with Gasteiger partial charge >= 0.3 is 6.03 Å². The van der Waals surface area contributed by atoms with E-state index in [1.165, 1.54) is 0 Å². The van der Waals surface area contributed by atoms with Crippen LogP contribution in [0, 0.1) is 12.0 Å². The number of likely N-dealkylation sites (N-methyl/N-ethyl adjacent to an activating group) is 2. The average Bonchev–Trinajstić information content (AvgIpc) is 3.27. The summed E-state index contributed by atoms with van der Waals surface area (Å²) in [4.78, 5) is 38.4. The number of nitrogens with one attached hydrogen (secondary N) is 1. The molecule has 174 valence electrons. The number of amides is 3. The Balaban J connectivity index is 1.61. The van der Waals surface area contributed by atoms with Crippen LogP contribution in [0.2, 0.25) is 0 Å². The molecule has 1 aromatic carbocycles. The predicted octanol–water partition coefficient (Wildman–Crippen LogP) is 3.94. The number of piperidine rings is 1. The Morgan fingerprint density at radius 1 is 1.18 bits per heavy atom. The largest absolute Gasteiger partial charge is 0.370 e. The van der Waals surface area contributed by atoms with Gasteiger partial charge < -0.3 is 24.9 Å². The number of allylic oxidation sites excluding steroid dienone is 1. The van der Waals surface area contributed by atoms with Crippen LogP contribution in [0.4, 0.5) is 16.2 Å². The van der Waals surface area contributed by atoms with Gasteiger partial charge in [-0.05, 0) is 36.0 Å². The summed E-state index contributed by atoms with van der Waals surface area (Å²) in [5.74, 6) is 0.208. The van der Waals surface area contributed by atoms with Gasteiger partial charge in [-0.15, -0.1) is 4.99 Å². The lowest BCUT2D eigenvalue weighted by molar-refractivity contribution is -0.110. The van der Waals surface area contributed by atoms with Crippen LogP contribution in [-0.2, 0) is 4.79 Å². The highest BCUT2D eigenvalue weighted by Gasteiger charge is 2.31. The lowest BCUT2D eigenvalue weighted by atomic mass is 9.82. The number of anilines is 2. The molecule has 3 amide bonds. The Kier molecular flexibility index (Phi) is 6.15. The maximum absolute atomic E-state index is 12.9. The smallest absolute Gasteiger partial charge is 0.319 e. The highest BCUT2D eigenvalue weighted by Crippen LogP contribution is 2.37. The first-order chi connectivity index (χ1) is 15.7. The Labute approximate surface area is 195 Å². The van der Waals surface area contributed by atoms with E-state index in [2.05, 4.69) is 46.0 Å². The van der Waals surface area contributed by atoms with Gasteiger partial charge in [-0.2, -0.15) is 0 Å². The Hall–Kier alpha value is -3.34. The molecule has 2 saturated heterocycles. The molecule has 0 atom stereocenters. The molecule has 0 unspecified atom stereocenters. The lowest BCUT2D eigenvalue weighted by Gasteiger charge is -2.40. The summed E-state index contributed by atoms with van der Waals surface area (Å²) in [5, 5.41) is 3.05. The molecule has 4 rings (SSSR count). The van der Waals surface area contributed by atoms with Gasteiger partial charge in [0, 0.05) is 52.6 Å². The van der Waals surface area contributed by atoms with Gasteiger partial charge in [-0.3, -0.25) is 4.79 Å². The van der Waals surface area contributed by atoms with E-state index in [0.717, 1.165) is 42.9 Å². The number of hydrogen-bond acceptors (Lipinski definition) is 4. The minimum absolute atomic E-state index is 0.0401. The van der Waals surface area contributed by atoms with Crippen molar-refractivity contribution in [1.29, 1.82) is 0 Å². The Morgan fingerprint density at radius 2 is 1.85 bits per heavy atom. The van der Waals surface area contributed by atoms with Crippen LogP contribution in [0.15, 0.2) is 35.1 Å². The fourth-order valence-corrected chi connectivity index (χ4v) is 4.73. The van der Waals surface area contributed by atoms with E-state index >= 15 is 0 Å². The van der Waals surface area contributed by atoms with Gasteiger partial charge in [0.1, 0.15) is 0 Å². The zero-order valence-electron chi connectivity index (χ0n) is 19.9. The zero-order valence-corrected chi connectivity index (χ0v) is 19.9. The first kappa shape index (κ1) is 22.8. The van der Waals surface area contributed by atoms with Crippen molar-refractivity contribution < 1.29 is 9.59 Å². The van der Waals surface area contributed by atoms with E-state index < -0.39 is 0 Å². The molecule has 1 N–H and O–H groups in total. The Bertz CT molecular complexity index is 1040. The van der Waals surface area contributed by atoms with Crippen LogP contribution in [0.1, 0.15) is 44.6 Å². The molecule has 8 heteroatoms. The van der Waals surface area contributed by atoms with E-state index in [4.69, 9.17) is 6.57 Å². The molecular weight excluding hydrogens is 416 g/mol. The third-order valence-electron chi connectivity index (χ3n) is 6.94. The first-order valence-electron chi connectivity index (χ1n) is 11.5. The summed E-state index contributed by atoms with van der Waals surface area (Å²) in [6, 6.07) is 6.24. The zero-order chi connectivity index (χ0) is 23.8. The Morgan fingerprint density at radius 3 is 2.45 bits per heavy atom. The standard InChI is InChI=1S/C25H32N6O2/c1-25(2)10-12-31(13-11-25)21-14-17(18-15-29(4)24(33)30(5)16-18)6-7-19(21)28-23(32)20-8-9-22(26-3)27-20/h6-7,9,14,18H,8,10-13,15-16H2,1-2,4-5H3,(H,28,32). The highest BCUT2D eigenvalue weighted by molar-refractivity contribution is 6.44. The van der Waals surface area contributed by atoms with Crippen molar-refractivity contribution in [2.45, 2.75) is 39.0 Å². The summed E-state index contributed by atoms with van der Waals surface area (Å²) in [6.07, 6.45) is 4.22. The fourth-order valence-electron chi connectivity index (χ4n) is 4.73. The molecule has 3 heterocycles. The van der Waals surface area contributed by atoms with Crippen molar-refractivity contribution >= 4 is 29.0 Å². The normalized spacial score (nSPS) is 20.9. The minimum atomic E-state index is -0.265. The monoisotopic (exact) mass is 448 g/mol. The third kappa shape index (κ3) is 4.87. The molecule has 33 heavy (non-hydrogen) atoms. The van der Waals surface area contributed by atoms with Gasteiger partial charge in [0.05, 0.1) is 11.4 Å². The molecule has 0 aliphatic carbocycles. The molecule has 3 aliphatic rings. The maximum atomic E-state index is 12.9. The first-order valence-corrected chi connectivity index (χ1v) is 11.5. The molecule has 0 saturated carbocycles. The van der Waals surface area contributed by atoms with Crippen molar-refractivity contribution in [2.75, 3.05) is 50.5 Å². The predicted molar refractivity (Wildman–Crippen MR) is 130 cm³/mol. The minimum Gasteiger partial charge on any atom is -0.370 e. The number of rotatable bonds is 4. The van der Waals surface area contributed by atoms with E-state index in [0.29, 0.717) is 30.6 Å². The number of nitrogens with zero attached hydrogens (tertiary/aromatic N) is 5. The quantitative estimate of drug-likeness (QED) is 0.709. The highest BCUT2D eigenvalue weighted by atomic mass is 16.2. The van der Waals surface area contributed by atoms with E-state index in [-0.39, 0.29) is 23.7 Å². The fraction of sp³-hybridized carbons (Fsp3) is 0.520. The second-order valence-electron chi connectivity index (χ2n) is 10.1. The average molecular weight is 449 g/mol. The summed E-state index contributed by atoms with van der Waals surface area (Å²) >= 11 is 0. The SMILES string of the molecule is [C-]#[N+]C1=CCC(C(=O)Nc2ccc(C3CN(C)C(=O)N(C)C3)cc2N2CCC(C)(C)CC2)=N1. The van der Waals surface area contributed by atoms with Crippen LogP contribution >= 0.6 is 0 Å². The summed E-state index contributed by atoms with van der Waals surface area (Å²) in [5.41, 5.74) is 3.61. The van der Waals surface area contributed by atoms with Crippen molar-refractivity contribution in [3.63, 3.8) is 0 Å². The molecule has 0 bridgehead atoms. The van der Waals surface area contributed by atoms with E-state index in [1.54, 1.807) is 15.9 Å². The third-order valence-corrected chi connectivity index (χ3v) is 6.94. The maximum Gasteiger partial charge on any atom is 0.319 e. The van der Waals surface area contributed by atoms with Gasteiger partial charge in [0.15, 0.2) is 5.71 Å². The molecule has 0 aromatic heterocycles. The van der Waals surface area contributed by atoms with E-state index in [9.17, 15) is 9.59 Å². The molecule has 8 nitrogen and oxygen atoms in total. The van der Waals surface area contributed by atoms with Gasteiger partial charge in [-0.25, -0.2) is 4.79 Å². The number of benzene rings is 1. The number of carbonyl (C=O) groups excluding carboxylic acids is 2. The van der Waals surface area contributed by atoms with Crippen molar-refractivity contribution in [3.05, 3.63) is 47.1 Å². The summed E-state index contributed by atoms with van der Waals surface area (Å²) in [6.45, 7) is 14.9. The number of urea groups is 1. The van der Waals surface area contributed by atoms with Crippen molar-refractivity contribution in [1.82, 2.24) is 9.80 Å². The van der Waals surface area contributed by atoms with Gasteiger partial charge in [0.25, 0.3) is 11.7 Å². The van der Waals surface area contributed by atoms with Crippen LogP contribution in [0.25, 0.3) is 4.85 Å². The van der Waals surface area contributed by atoms with Gasteiger partial charge in [0.2, 0.25) is 0 Å². The molecule has 1 aromatic rings. The molecular formula is C25H32N6O2. The molecule has 0 radical (unpaired) electrons. The molecule has 2 fully saturated rings. The van der Waals surface area contributed by atoms with Crippen LogP contribution < -0.4 is 10.2 Å². The molecule has 0 spiro atoms. The number of hydrogen-bond donors (Lipinski definition) is 1. The van der Waals surface area contributed by atoms with E-state index in [1.807, 2.05) is 20.2 Å². The number of aliphatic imine (C=N–C) groups is 1. The summed E-state index contributed by atoms with van der Waals surface area (Å²) in [7, 11) is 3.67. The second-order valence-corrected chi connectivity index (χ2v) is 10.1. The van der Waals surface area contributed by atoms with Crippen LogP contribution in [0.5, 0.6) is 0 Å². The van der Waals surface area contributed by atoms with Crippen molar-refractivity contribution in [3.8, 4) is 0 Å².